The van der Waals surface area contributed by atoms with Crippen LogP contribution in [0.5, 0.6) is 11.5 Å². The van der Waals surface area contributed by atoms with E-state index in [1.807, 2.05) is 0 Å². The second-order valence-electron chi connectivity index (χ2n) is 5.02. The van der Waals surface area contributed by atoms with Crippen LogP contribution >= 0.6 is 0 Å². The first-order chi connectivity index (χ1) is 12.7. The average Bonchev–Trinajstić information content (AvgIpc) is 2.62. The van der Waals surface area contributed by atoms with Crippen molar-refractivity contribution in [1.82, 2.24) is 0 Å². The zero-order valence-corrected chi connectivity index (χ0v) is 14.6. The number of methoxy groups -OCH3 is 1. The molecule has 0 fully saturated rings. The number of allylic oxidation sites excluding steroid dienone is 1. The molecule has 2 rings (SSSR count). The molecular formula is C17H13F3N2O4S. The molecule has 0 heterocycles. The smallest absolute Gasteiger partial charge is 0.497 e. The number of sulfone groups is 1. The number of nitriles is 1. The fourth-order valence-electron chi connectivity index (χ4n) is 1.95. The van der Waals surface area contributed by atoms with Gasteiger partial charge in [-0.05, 0) is 48.5 Å². The summed E-state index contributed by atoms with van der Waals surface area (Å²) < 4.78 is 70.0. The van der Waals surface area contributed by atoms with E-state index in [2.05, 4.69) is 10.1 Å². The quantitative estimate of drug-likeness (QED) is 0.744. The Bertz CT molecular complexity index is 961. The summed E-state index contributed by atoms with van der Waals surface area (Å²) in [5.74, 6) is 0.0270. The molecule has 0 atom stereocenters. The Morgan fingerprint density at radius 1 is 1.07 bits per heavy atom. The molecule has 0 amide bonds. The van der Waals surface area contributed by atoms with Gasteiger partial charge in [-0.3, -0.25) is 0 Å². The minimum absolute atomic E-state index is 0.105. The molecule has 0 saturated carbocycles. The van der Waals surface area contributed by atoms with Crippen molar-refractivity contribution in [3.63, 3.8) is 0 Å². The van der Waals surface area contributed by atoms with E-state index in [-0.39, 0.29) is 10.6 Å². The third-order valence-electron chi connectivity index (χ3n) is 3.23. The monoisotopic (exact) mass is 398 g/mol. The van der Waals surface area contributed by atoms with Crippen LogP contribution in [0, 0.1) is 11.3 Å². The van der Waals surface area contributed by atoms with Crippen molar-refractivity contribution in [2.45, 2.75) is 11.3 Å². The first-order valence-corrected chi connectivity index (χ1v) is 8.76. The standard InChI is InChI=1S/C17H13F3N2O4S/c1-25-13-6-8-15(9-7-13)27(23,24)16(10-21)11-22-12-2-4-14(5-3-12)26-17(18,19)20/h2-9,11,22H,1H3/b16-11+. The number of nitrogens with one attached hydrogen (secondary N) is 1. The van der Waals surface area contributed by atoms with Crippen LogP contribution in [0.15, 0.2) is 64.5 Å². The second kappa shape index (κ2) is 8.01. The van der Waals surface area contributed by atoms with E-state index in [9.17, 15) is 21.6 Å². The zero-order chi connectivity index (χ0) is 20.1. The molecule has 0 aliphatic heterocycles. The summed E-state index contributed by atoms with van der Waals surface area (Å²) in [6.45, 7) is 0. The molecule has 1 N–H and O–H groups in total. The van der Waals surface area contributed by atoms with Crippen LogP contribution in [-0.2, 0) is 9.84 Å². The van der Waals surface area contributed by atoms with Crippen LogP contribution in [0.3, 0.4) is 0 Å². The number of hydrogen-bond acceptors (Lipinski definition) is 6. The van der Waals surface area contributed by atoms with E-state index in [0.29, 0.717) is 5.75 Å². The number of anilines is 1. The number of alkyl halides is 3. The second-order valence-corrected chi connectivity index (χ2v) is 6.93. The maximum Gasteiger partial charge on any atom is 0.573 e. The highest BCUT2D eigenvalue weighted by molar-refractivity contribution is 7.95. The Labute approximate surface area is 153 Å². The van der Waals surface area contributed by atoms with Crippen LogP contribution < -0.4 is 14.8 Å². The van der Waals surface area contributed by atoms with Gasteiger partial charge < -0.3 is 14.8 Å². The van der Waals surface area contributed by atoms with Crippen LogP contribution in [0.4, 0.5) is 18.9 Å². The van der Waals surface area contributed by atoms with Crippen molar-refractivity contribution in [1.29, 1.82) is 5.26 Å². The molecule has 0 unspecified atom stereocenters. The largest absolute Gasteiger partial charge is 0.573 e. The first-order valence-electron chi connectivity index (χ1n) is 7.27. The zero-order valence-electron chi connectivity index (χ0n) is 13.8. The minimum atomic E-state index is -4.81. The highest BCUT2D eigenvalue weighted by atomic mass is 32.2. The van der Waals surface area contributed by atoms with Gasteiger partial charge in [-0.2, -0.15) is 5.26 Å². The van der Waals surface area contributed by atoms with Gasteiger partial charge in [0.25, 0.3) is 0 Å². The molecule has 0 saturated heterocycles. The number of ether oxygens (including phenoxy) is 2. The van der Waals surface area contributed by atoms with Crippen LogP contribution in [-0.4, -0.2) is 21.9 Å². The van der Waals surface area contributed by atoms with Crippen molar-refractivity contribution >= 4 is 15.5 Å². The lowest BCUT2D eigenvalue weighted by Crippen LogP contribution is -2.16. The fourth-order valence-corrected chi connectivity index (χ4v) is 3.04. The number of hydrogen-bond donors (Lipinski definition) is 1. The van der Waals surface area contributed by atoms with Gasteiger partial charge in [0, 0.05) is 11.9 Å². The number of nitrogens with zero attached hydrogens (tertiary/aromatic N) is 1. The van der Waals surface area contributed by atoms with Gasteiger partial charge in [0.15, 0.2) is 4.91 Å². The maximum atomic E-state index is 12.5. The highest BCUT2D eigenvalue weighted by Gasteiger charge is 2.31. The molecule has 142 valence electrons. The lowest BCUT2D eigenvalue weighted by atomic mass is 10.3. The normalized spacial score (nSPS) is 12.2. The minimum Gasteiger partial charge on any atom is -0.497 e. The Balaban J connectivity index is 2.19. The van der Waals surface area contributed by atoms with Gasteiger partial charge in [-0.15, -0.1) is 13.2 Å². The third kappa shape index (κ3) is 5.39. The Morgan fingerprint density at radius 2 is 1.63 bits per heavy atom. The predicted octanol–water partition coefficient (Wildman–Crippen LogP) is 3.84. The van der Waals surface area contributed by atoms with E-state index >= 15 is 0 Å². The SMILES string of the molecule is COc1ccc(S(=O)(=O)/C(C#N)=C/Nc2ccc(OC(F)(F)F)cc2)cc1. The van der Waals surface area contributed by atoms with Crippen LogP contribution in [0.1, 0.15) is 0 Å². The summed E-state index contributed by atoms with van der Waals surface area (Å²) in [6, 6.07) is 11.6. The van der Waals surface area contributed by atoms with Crippen molar-refractivity contribution in [2.75, 3.05) is 12.4 Å². The third-order valence-corrected chi connectivity index (χ3v) is 4.91. The topological polar surface area (TPSA) is 88.4 Å². The summed E-state index contributed by atoms with van der Waals surface area (Å²) in [5.41, 5.74) is 0.266. The van der Waals surface area contributed by atoms with Gasteiger partial charge in [0.2, 0.25) is 9.84 Å². The lowest BCUT2D eigenvalue weighted by molar-refractivity contribution is -0.274. The van der Waals surface area contributed by atoms with Crippen molar-refractivity contribution in [2.24, 2.45) is 0 Å². The van der Waals surface area contributed by atoms with Gasteiger partial charge >= 0.3 is 6.36 Å². The Kier molecular flexibility index (Phi) is 5.97. The van der Waals surface area contributed by atoms with Crippen LogP contribution in [0.25, 0.3) is 0 Å². The molecule has 0 aliphatic rings. The average molecular weight is 398 g/mol. The summed E-state index contributed by atoms with van der Waals surface area (Å²) in [5, 5.41) is 11.7. The van der Waals surface area contributed by atoms with Gasteiger partial charge in [-0.25, -0.2) is 8.42 Å². The van der Waals surface area contributed by atoms with E-state index in [1.54, 1.807) is 6.07 Å². The Hall–Kier alpha value is -3.19. The summed E-state index contributed by atoms with van der Waals surface area (Å²) in [6.07, 6.45) is -3.85. The molecular weight excluding hydrogens is 385 g/mol. The number of halogens is 3. The highest BCUT2D eigenvalue weighted by Crippen LogP contribution is 2.25. The molecule has 10 heteroatoms. The maximum absolute atomic E-state index is 12.5. The molecule has 0 spiro atoms. The molecule has 2 aromatic rings. The molecule has 0 bridgehead atoms. The molecule has 27 heavy (non-hydrogen) atoms. The molecule has 6 nitrogen and oxygen atoms in total. The molecule has 0 radical (unpaired) electrons. The molecule has 2 aromatic carbocycles. The number of rotatable bonds is 6. The summed E-state index contributed by atoms with van der Waals surface area (Å²) >= 11 is 0. The number of benzene rings is 2. The van der Waals surface area contributed by atoms with E-state index in [0.717, 1.165) is 18.3 Å². The molecule has 0 aromatic heterocycles. The van der Waals surface area contributed by atoms with E-state index in [1.165, 1.54) is 43.5 Å². The summed E-state index contributed by atoms with van der Waals surface area (Å²) in [7, 11) is -2.64. The summed E-state index contributed by atoms with van der Waals surface area (Å²) in [4.78, 5) is -0.671. The predicted molar refractivity (Wildman–Crippen MR) is 90.6 cm³/mol. The Morgan fingerprint density at radius 3 is 2.11 bits per heavy atom. The van der Waals surface area contributed by atoms with Crippen molar-refractivity contribution < 1.29 is 31.1 Å². The van der Waals surface area contributed by atoms with Crippen molar-refractivity contribution in [3.05, 3.63) is 59.6 Å². The van der Waals surface area contributed by atoms with Gasteiger partial charge in [-0.1, -0.05) is 0 Å². The van der Waals surface area contributed by atoms with Gasteiger partial charge in [0.1, 0.15) is 17.6 Å². The fraction of sp³-hybridized carbons (Fsp3) is 0.118. The van der Waals surface area contributed by atoms with E-state index < -0.39 is 26.9 Å². The van der Waals surface area contributed by atoms with Crippen molar-refractivity contribution in [3.8, 4) is 17.6 Å². The van der Waals surface area contributed by atoms with Gasteiger partial charge in [0.05, 0.1) is 12.0 Å². The van der Waals surface area contributed by atoms with E-state index in [4.69, 9.17) is 10.00 Å². The van der Waals surface area contributed by atoms with Crippen LogP contribution in [0.2, 0.25) is 0 Å². The lowest BCUT2D eigenvalue weighted by Gasteiger charge is -2.09. The first kappa shape index (κ1) is 20.1. The molecule has 0 aliphatic carbocycles.